The second kappa shape index (κ2) is 8.69. The fourth-order valence-corrected chi connectivity index (χ4v) is 2.90. The van der Waals surface area contributed by atoms with Crippen molar-refractivity contribution < 1.29 is 14.1 Å². The van der Waals surface area contributed by atoms with Crippen molar-refractivity contribution in [2.75, 3.05) is 19.6 Å². The standard InChI is InChI=1S/C20H25N5O3/c1-4-21-20(23-12-14-11-17(13(2)3)24-28-14)22-9-10-25-18(26)15-7-5-6-8-16(15)19(25)27/h5-8,11,13H,4,9-10,12H2,1-3H3,(H2,21,22,23). The minimum absolute atomic E-state index is 0.257. The van der Waals surface area contributed by atoms with Crippen LogP contribution >= 0.6 is 0 Å². The van der Waals surface area contributed by atoms with Gasteiger partial charge in [0.05, 0.1) is 16.8 Å². The first-order valence-corrected chi connectivity index (χ1v) is 9.44. The van der Waals surface area contributed by atoms with E-state index < -0.39 is 0 Å². The molecule has 148 valence electrons. The summed E-state index contributed by atoms with van der Waals surface area (Å²) in [6, 6.07) is 8.77. The largest absolute Gasteiger partial charge is 0.359 e. The van der Waals surface area contributed by atoms with Gasteiger partial charge in [-0.2, -0.15) is 0 Å². The van der Waals surface area contributed by atoms with Gasteiger partial charge in [0.15, 0.2) is 11.7 Å². The van der Waals surface area contributed by atoms with Gasteiger partial charge in [0.1, 0.15) is 6.54 Å². The number of benzene rings is 1. The van der Waals surface area contributed by atoms with Gasteiger partial charge in [0, 0.05) is 25.7 Å². The number of hydrogen-bond donors (Lipinski definition) is 2. The van der Waals surface area contributed by atoms with Crippen molar-refractivity contribution in [1.29, 1.82) is 0 Å². The average Bonchev–Trinajstić information content (AvgIpc) is 3.26. The minimum atomic E-state index is -0.257. The predicted octanol–water partition coefficient (Wildman–Crippen LogP) is 2.15. The van der Waals surface area contributed by atoms with Crippen LogP contribution < -0.4 is 10.6 Å². The van der Waals surface area contributed by atoms with Crippen molar-refractivity contribution in [1.82, 2.24) is 20.7 Å². The fourth-order valence-electron chi connectivity index (χ4n) is 2.90. The zero-order valence-electron chi connectivity index (χ0n) is 16.4. The number of hydrogen-bond acceptors (Lipinski definition) is 5. The molecule has 0 saturated heterocycles. The smallest absolute Gasteiger partial charge is 0.261 e. The maximum absolute atomic E-state index is 12.4. The van der Waals surface area contributed by atoms with Crippen LogP contribution in [0.15, 0.2) is 39.8 Å². The number of fused-ring (bicyclic) bond motifs is 1. The molecule has 3 rings (SSSR count). The van der Waals surface area contributed by atoms with Crippen LogP contribution in [-0.4, -0.2) is 47.5 Å². The van der Waals surface area contributed by atoms with Crippen molar-refractivity contribution in [3.05, 3.63) is 52.9 Å². The maximum atomic E-state index is 12.4. The Hall–Kier alpha value is -3.16. The van der Waals surface area contributed by atoms with E-state index in [1.165, 1.54) is 4.90 Å². The van der Waals surface area contributed by atoms with Crippen molar-refractivity contribution >= 4 is 17.8 Å². The molecular weight excluding hydrogens is 358 g/mol. The van der Waals surface area contributed by atoms with Crippen LogP contribution in [0.5, 0.6) is 0 Å². The third kappa shape index (κ3) is 4.21. The van der Waals surface area contributed by atoms with Gasteiger partial charge in [-0.05, 0) is 25.0 Å². The van der Waals surface area contributed by atoms with E-state index in [1.807, 2.05) is 13.0 Å². The second-order valence-electron chi connectivity index (χ2n) is 6.80. The van der Waals surface area contributed by atoms with Crippen molar-refractivity contribution in [3.63, 3.8) is 0 Å². The molecule has 8 nitrogen and oxygen atoms in total. The molecule has 0 radical (unpaired) electrons. The molecular formula is C20H25N5O3. The lowest BCUT2D eigenvalue weighted by molar-refractivity contribution is 0.0657. The summed E-state index contributed by atoms with van der Waals surface area (Å²) in [6.45, 7) is 7.76. The number of guanidine groups is 1. The highest BCUT2D eigenvalue weighted by Gasteiger charge is 2.34. The van der Waals surface area contributed by atoms with Crippen LogP contribution in [0, 0.1) is 0 Å². The Bertz CT molecular complexity index is 852. The first kappa shape index (κ1) is 19.6. The molecule has 2 amide bonds. The summed E-state index contributed by atoms with van der Waals surface area (Å²) in [5.74, 6) is 1.05. The average molecular weight is 383 g/mol. The topological polar surface area (TPSA) is 99.8 Å². The number of rotatable bonds is 7. The molecule has 0 saturated carbocycles. The van der Waals surface area contributed by atoms with Crippen LogP contribution in [0.4, 0.5) is 0 Å². The van der Waals surface area contributed by atoms with Crippen LogP contribution in [0.3, 0.4) is 0 Å². The SMILES string of the molecule is CCNC(=NCc1cc(C(C)C)no1)NCCN1C(=O)c2ccccc2C1=O. The molecule has 8 heteroatoms. The molecule has 1 aromatic carbocycles. The summed E-state index contributed by atoms with van der Waals surface area (Å²) in [5, 5.41) is 10.3. The predicted molar refractivity (Wildman–Crippen MR) is 105 cm³/mol. The first-order chi connectivity index (χ1) is 13.5. The maximum Gasteiger partial charge on any atom is 0.261 e. The minimum Gasteiger partial charge on any atom is -0.359 e. The number of carbonyl (C=O) groups is 2. The van der Waals surface area contributed by atoms with E-state index in [-0.39, 0.29) is 18.4 Å². The number of amides is 2. The zero-order valence-corrected chi connectivity index (χ0v) is 16.4. The Morgan fingerprint density at radius 2 is 1.86 bits per heavy atom. The molecule has 2 N–H and O–H groups in total. The highest BCUT2D eigenvalue weighted by atomic mass is 16.5. The molecule has 1 aliphatic rings. The molecule has 0 fully saturated rings. The Kier molecular flexibility index (Phi) is 6.08. The van der Waals surface area contributed by atoms with E-state index in [0.717, 1.165) is 5.69 Å². The lowest BCUT2D eigenvalue weighted by Gasteiger charge is -2.16. The molecule has 2 aromatic rings. The molecule has 0 atom stereocenters. The van der Waals surface area contributed by atoms with Gasteiger partial charge in [-0.25, -0.2) is 4.99 Å². The normalized spacial score (nSPS) is 14.0. The Labute approximate surface area is 164 Å². The Balaban J connectivity index is 1.56. The highest BCUT2D eigenvalue weighted by Crippen LogP contribution is 2.21. The summed E-state index contributed by atoms with van der Waals surface area (Å²) < 4.78 is 5.29. The van der Waals surface area contributed by atoms with Crippen molar-refractivity contribution in [2.24, 2.45) is 4.99 Å². The van der Waals surface area contributed by atoms with Gasteiger partial charge in [-0.1, -0.05) is 31.1 Å². The Morgan fingerprint density at radius 1 is 1.18 bits per heavy atom. The quantitative estimate of drug-likeness (QED) is 0.432. The number of nitrogens with one attached hydrogen (secondary N) is 2. The molecule has 0 unspecified atom stereocenters. The third-order valence-corrected chi connectivity index (χ3v) is 4.41. The fraction of sp³-hybridized carbons (Fsp3) is 0.400. The number of imide groups is 1. The van der Waals surface area contributed by atoms with E-state index >= 15 is 0 Å². The second-order valence-corrected chi connectivity index (χ2v) is 6.80. The van der Waals surface area contributed by atoms with Gasteiger partial charge < -0.3 is 15.2 Å². The summed E-state index contributed by atoms with van der Waals surface area (Å²) in [4.78, 5) is 30.5. The van der Waals surface area contributed by atoms with E-state index in [1.54, 1.807) is 24.3 Å². The van der Waals surface area contributed by atoms with Crippen molar-refractivity contribution in [3.8, 4) is 0 Å². The first-order valence-electron chi connectivity index (χ1n) is 9.44. The van der Waals surface area contributed by atoms with Gasteiger partial charge in [0.25, 0.3) is 11.8 Å². The molecule has 28 heavy (non-hydrogen) atoms. The van der Waals surface area contributed by atoms with Crippen LogP contribution in [0.25, 0.3) is 0 Å². The lowest BCUT2D eigenvalue weighted by Crippen LogP contribution is -2.43. The molecule has 0 aliphatic carbocycles. The molecule has 2 heterocycles. The lowest BCUT2D eigenvalue weighted by atomic mass is 10.1. The van der Waals surface area contributed by atoms with Gasteiger partial charge >= 0.3 is 0 Å². The third-order valence-electron chi connectivity index (χ3n) is 4.41. The summed E-state index contributed by atoms with van der Waals surface area (Å²) in [7, 11) is 0. The zero-order chi connectivity index (χ0) is 20.1. The van der Waals surface area contributed by atoms with Gasteiger partial charge in [0.2, 0.25) is 0 Å². The molecule has 1 aromatic heterocycles. The van der Waals surface area contributed by atoms with E-state index in [4.69, 9.17) is 4.52 Å². The number of nitrogens with zero attached hydrogens (tertiary/aromatic N) is 3. The van der Waals surface area contributed by atoms with Crippen LogP contribution in [0.2, 0.25) is 0 Å². The molecule has 1 aliphatic heterocycles. The number of carbonyl (C=O) groups excluding carboxylic acids is 2. The molecule has 0 spiro atoms. The van der Waals surface area contributed by atoms with E-state index in [9.17, 15) is 9.59 Å². The Morgan fingerprint density at radius 3 is 2.43 bits per heavy atom. The summed E-state index contributed by atoms with van der Waals surface area (Å²) in [5.41, 5.74) is 1.81. The van der Waals surface area contributed by atoms with E-state index in [2.05, 4.69) is 34.6 Å². The van der Waals surface area contributed by atoms with E-state index in [0.29, 0.717) is 48.4 Å². The monoisotopic (exact) mass is 383 g/mol. The summed E-state index contributed by atoms with van der Waals surface area (Å²) >= 11 is 0. The van der Waals surface area contributed by atoms with Gasteiger partial charge in [-0.15, -0.1) is 0 Å². The number of aromatic nitrogens is 1. The molecule has 0 bridgehead atoms. The van der Waals surface area contributed by atoms with Crippen molar-refractivity contribution in [2.45, 2.75) is 33.2 Å². The highest BCUT2D eigenvalue weighted by molar-refractivity contribution is 6.21. The van der Waals surface area contributed by atoms with Crippen LogP contribution in [-0.2, 0) is 6.54 Å². The number of aliphatic imine (C=N–C) groups is 1. The summed E-state index contributed by atoms with van der Waals surface area (Å²) in [6.07, 6.45) is 0. The van der Waals surface area contributed by atoms with Gasteiger partial charge in [-0.3, -0.25) is 14.5 Å². The van der Waals surface area contributed by atoms with Crippen LogP contribution in [0.1, 0.15) is 58.9 Å².